The highest BCUT2D eigenvalue weighted by atomic mass is 32.2. The lowest BCUT2D eigenvalue weighted by atomic mass is 9.97. The third-order valence-electron chi connectivity index (χ3n) is 7.89. The van der Waals surface area contributed by atoms with Crippen LogP contribution in [0.25, 0.3) is 0 Å². The summed E-state index contributed by atoms with van der Waals surface area (Å²) in [6, 6.07) is 20.0. The molecule has 1 aliphatic rings. The molecule has 1 saturated heterocycles. The number of benzene rings is 2. The number of hydrogen-bond acceptors (Lipinski definition) is 6. The zero-order valence-corrected chi connectivity index (χ0v) is 27.7. The lowest BCUT2D eigenvalue weighted by Gasteiger charge is -2.40. The van der Waals surface area contributed by atoms with E-state index in [9.17, 15) is 9.59 Å². The number of pyridine rings is 1. The van der Waals surface area contributed by atoms with Gasteiger partial charge in [-0.15, -0.1) is 0 Å². The highest BCUT2D eigenvalue weighted by molar-refractivity contribution is 7.99. The molecular weight excluding hydrogens is 568 g/mol. The minimum atomic E-state index is -0.308. The molecule has 4 rings (SSSR count). The molecule has 3 aromatic rings. The fraction of sp³-hybridized carbons (Fsp3) is 0.472. The Labute approximate surface area is 267 Å². The summed E-state index contributed by atoms with van der Waals surface area (Å²) in [5.74, 6) is 1.59. The Kier molecular flexibility index (Phi) is 12.3. The van der Waals surface area contributed by atoms with Crippen molar-refractivity contribution in [2.75, 3.05) is 19.7 Å². The molecule has 2 N–H and O–H groups in total. The predicted molar refractivity (Wildman–Crippen MR) is 180 cm³/mol. The fourth-order valence-corrected chi connectivity index (χ4v) is 6.89. The average Bonchev–Trinajstić information content (AvgIpc) is 2.99. The molecular formula is C36H48N4O3S. The van der Waals surface area contributed by atoms with Crippen molar-refractivity contribution >= 4 is 23.6 Å². The summed E-state index contributed by atoms with van der Waals surface area (Å²) >= 11 is 1.91. The van der Waals surface area contributed by atoms with Gasteiger partial charge < -0.3 is 15.4 Å². The van der Waals surface area contributed by atoms with E-state index in [0.717, 1.165) is 55.0 Å². The molecule has 44 heavy (non-hydrogen) atoms. The molecule has 0 radical (unpaired) electrons. The molecule has 236 valence electrons. The van der Waals surface area contributed by atoms with Gasteiger partial charge >= 0.3 is 0 Å². The SMILES string of the molecule is Cc1cccc(C)c1OCC(=O)N[C@H](CCN1CC[C@@H](SCc2cccnc2)C[C@H]1C(=O)NC(C)(C)C)Cc1ccccc1. The second-order valence-corrected chi connectivity index (χ2v) is 14.2. The standard InChI is InChI=1S/C36H48N4O3S/c1-26-11-9-12-27(2)34(26)43-24-33(41)38-30(21-28-13-7-6-8-14-28)16-19-40-20-17-31(44-25-29-15-10-18-37-23-29)22-32(40)35(42)39-36(3,4)5/h6-15,18,23,30-32H,16-17,19-22,24-25H2,1-5H3,(H,38,41)(H,39,42)/t30-,31-,32+/m1/s1. The van der Waals surface area contributed by atoms with Gasteiger partial charge in [-0.2, -0.15) is 11.8 Å². The number of ether oxygens (including phenoxy) is 1. The summed E-state index contributed by atoms with van der Waals surface area (Å²) in [6.07, 6.45) is 6.98. The minimum absolute atomic E-state index is 0.0346. The van der Waals surface area contributed by atoms with Crippen molar-refractivity contribution < 1.29 is 14.3 Å². The van der Waals surface area contributed by atoms with Gasteiger partial charge in [-0.3, -0.25) is 19.5 Å². The minimum Gasteiger partial charge on any atom is -0.483 e. The summed E-state index contributed by atoms with van der Waals surface area (Å²) < 4.78 is 5.95. The van der Waals surface area contributed by atoms with E-state index in [1.54, 1.807) is 6.20 Å². The van der Waals surface area contributed by atoms with E-state index >= 15 is 0 Å². The predicted octanol–water partition coefficient (Wildman–Crippen LogP) is 5.88. The molecule has 2 aromatic carbocycles. The second kappa shape index (κ2) is 16.1. The molecule has 2 heterocycles. The molecule has 1 aromatic heterocycles. The quantitative estimate of drug-likeness (QED) is 0.250. The van der Waals surface area contributed by atoms with Crippen molar-refractivity contribution in [3.8, 4) is 5.75 Å². The molecule has 1 fully saturated rings. The van der Waals surface area contributed by atoms with Crippen LogP contribution in [0.4, 0.5) is 0 Å². The van der Waals surface area contributed by atoms with Gasteiger partial charge in [-0.05, 0) is 95.2 Å². The number of nitrogens with one attached hydrogen (secondary N) is 2. The van der Waals surface area contributed by atoms with Crippen molar-refractivity contribution in [2.24, 2.45) is 0 Å². The van der Waals surface area contributed by atoms with Gasteiger partial charge in [-0.25, -0.2) is 0 Å². The Morgan fingerprint density at radius 2 is 1.75 bits per heavy atom. The second-order valence-electron chi connectivity index (χ2n) is 12.9. The molecule has 0 bridgehead atoms. The number of hydrogen-bond donors (Lipinski definition) is 2. The first-order valence-electron chi connectivity index (χ1n) is 15.7. The highest BCUT2D eigenvalue weighted by Crippen LogP contribution is 2.30. The van der Waals surface area contributed by atoms with Crippen LogP contribution in [0, 0.1) is 13.8 Å². The number of likely N-dealkylation sites (tertiary alicyclic amines) is 1. The van der Waals surface area contributed by atoms with Crippen LogP contribution in [-0.4, -0.2) is 64.3 Å². The number of aromatic nitrogens is 1. The smallest absolute Gasteiger partial charge is 0.258 e. The van der Waals surface area contributed by atoms with Gasteiger partial charge in [0.1, 0.15) is 5.75 Å². The van der Waals surface area contributed by atoms with E-state index in [-0.39, 0.29) is 36.0 Å². The van der Waals surface area contributed by atoms with Crippen LogP contribution in [0.15, 0.2) is 73.1 Å². The Bertz CT molecular complexity index is 1330. The number of thioether (sulfide) groups is 1. The number of amides is 2. The van der Waals surface area contributed by atoms with Crippen molar-refractivity contribution in [3.63, 3.8) is 0 Å². The molecule has 1 aliphatic heterocycles. The van der Waals surface area contributed by atoms with E-state index in [4.69, 9.17) is 4.74 Å². The summed E-state index contributed by atoms with van der Waals surface area (Å²) in [4.78, 5) is 33.3. The average molecular weight is 617 g/mol. The Hall–Kier alpha value is -3.36. The van der Waals surface area contributed by atoms with Crippen LogP contribution in [-0.2, 0) is 21.8 Å². The maximum atomic E-state index is 13.6. The van der Waals surface area contributed by atoms with E-state index in [1.165, 1.54) is 11.1 Å². The Morgan fingerprint density at radius 3 is 2.43 bits per heavy atom. The highest BCUT2D eigenvalue weighted by Gasteiger charge is 2.35. The lowest BCUT2D eigenvalue weighted by molar-refractivity contribution is -0.129. The maximum absolute atomic E-state index is 13.6. The monoisotopic (exact) mass is 616 g/mol. The van der Waals surface area contributed by atoms with Crippen LogP contribution in [0.1, 0.15) is 62.3 Å². The number of aryl methyl sites for hydroxylation is 2. The van der Waals surface area contributed by atoms with Gasteiger partial charge in [0, 0.05) is 41.5 Å². The first-order valence-corrected chi connectivity index (χ1v) is 16.7. The zero-order valence-electron chi connectivity index (χ0n) is 26.8. The first kappa shape index (κ1) is 33.5. The van der Waals surface area contributed by atoms with E-state index in [1.807, 2.05) is 95.0 Å². The summed E-state index contributed by atoms with van der Waals surface area (Å²) in [7, 11) is 0. The summed E-state index contributed by atoms with van der Waals surface area (Å²) in [5, 5.41) is 6.86. The van der Waals surface area contributed by atoms with Crippen molar-refractivity contribution in [3.05, 3.63) is 95.3 Å². The number of rotatable bonds is 13. The van der Waals surface area contributed by atoms with E-state index in [2.05, 4.69) is 38.7 Å². The number of nitrogens with zero attached hydrogens (tertiary/aromatic N) is 2. The molecule has 0 spiro atoms. The fourth-order valence-electron chi connectivity index (χ4n) is 5.70. The lowest BCUT2D eigenvalue weighted by Crippen LogP contribution is -2.56. The van der Waals surface area contributed by atoms with Gasteiger partial charge in [0.2, 0.25) is 5.91 Å². The zero-order chi connectivity index (χ0) is 31.5. The normalized spacial score (nSPS) is 17.9. The molecule has 7 nitrogen and oxygen atoms in total. The molecule has 0 unspecified atom stereocenters. The van der Waals surface area contributed by atoms with Crippen LogP contribution < -0.4 is 15.4 Å². The van der Waals surface area contributed by atoms with Gasteiger partial charge in [0.15, 0.2) is 6.61 Å². The Balaban J connectivity index is 1.41. The van der Waals surface area contributed by atoms with Crippen LogP contribution in [0.3, 0.4) is 0 Å². The largest absolute Gasteiger partial charge is 0.483 e. The topological polar surface area (TPSA) is 83.6 Å². The molecule has 2 amide bonds. The van der Waals surface area contributed by atoms with Crippen molar-refractivity contribution in [2.45, 2.75) is 88.9 Å². The molecule has 8 heteroatoms. The maximum Gasteiger partial charge on any atom is 0.258 e. The molecule has 0 saturated carbocycles. The summed E-state index contributed by atoms with van der Waals surface area (Å²) in [5.41, 5.74) is 4.09. The number of piperidine rings is 1. The number of carbonyl (C=O) groups excluding carboxylic acids is 2. The van der Waals surface area contributed by atoms with Crippen LogP contribution in [0.5, 0.6) is 5.75 Å². The van der Waals surface area contributed by atoms with Crippen LogP contribution >= 0.6 is 11.8 Å². The molecule has 0 aliphatic carbocycles. The number of para-hydroxylation sites is 1. The third kappa shape index (κ3) is 10.7. The van der Waals surface area contributed by atoms with Gasteiger partial charge in [0.25, 0.3) is 5.91 Å². The summed E-state index contributed by atoms with van der Waals surface area (Å²) in [6.45, 7) is 11.6. The Morgan fingerprint density at radius 1 is 1.02 bits per heavy atom. The molecule has 3 atom stereocenters. The first-order chi connectivity index (χ1) is 21.1. The van der Waals surface area contributed by atoms with E-state index < -0.39 is 0 Å². The van der Waals surface area contributed by atoms with Crippen molar-refractivity contribution in [1.82, 2.24) is 20.5 Å². The van der Waals surface area contributed by atoms with Gasteiger partial charge in [-0.1, -0.05) is 54.6 Å². The third-order valence-corrected chi connectivity index (χ3v) is 9.29. The number of carbonyl (C=O) groups is 2. The van der Waals surface area contributed by atoms with Gasteiger partial charge in [0.05, 0.1) is 6.04 Å². The van der Waals surface area contributed by atoms with Crippen LogP contribution in [0.2, 0.25) is 0 Å². The van der Waals surface area contributed by atoms with Crippen molar-refractivity contribution in [1.29, 1.82) is 0 Å². The van der Waals surface area contributed by atoms with E-state index in [0.29, 0.717) is 11.7 Å².